The molecule has 2 saturated carbocycles. The number of ketones is 1. The molecule has 1 aliphatic heterocycles. The molecule has 3 fully saturated rings. The number of amides is 3. The second-order valence-corrected chi connectivity index (χ2v) is 9.61. The number of hydrogen-bond donors (Lipinski definition) is 0. The predicted octanol–water partition coefficient (Wildman–Crippen LogP) is 3.55. The Morgan fingerprint density at radius 3 is 2.09 bits per heavy atom. The standard InChI is InChI=1S/C27H24N2O4/c1-15(30)17-8-5-9-18(12-17)28(25(31)16-6-3-2-4-7-16)14-29-26(32)23-19-10-11-20(22-13-21(19)22)24(23)27(29)33/h2-12,19-24H,13-14H2,1H3/t19-,20-,21-,22+,23-,24-/m1/s1. The first-order valence-corrected chi connectivity index (χ1v) is 11.5. The van der Waals surface area contributed by atoms with Gasteiger partial charge in [0.05, 0.1) is 11.8 Å². The van der Waals surface area contributed by atoms with Crippen LogP contribution in [0, 0.1) is 35.5 Å². The van der Waals surface area contributed by atoms with Gasteiger partial charge in [0.1, 0.15) is 6.67 Å². The summed E-state index contributed by atoms with van der Waals surface area (Å²) in [4.78, 5) is 55.2. The minimum absolute atomic E-state index is 0.120. The molecule has 2 bridgehead atoms. The van der Waals surface area contributed by atoms with E-state index in [1.165, 1.54) is 16.7 Å². The summed E-state index contributed by atoms with van der Waals surface area (Å²) in [6.45, 7) is 1.31. The molecule has 7 rings (SSSR count). The molecule has 6 heteroatoms. The summed E-state index contributed by atoms with van der Waals surface area (Å²) in [6, 6.07) is 15.5. The Balaban J connectivity index is 1.36. The molecule has 6 atom stereocenters. The quantitative estimate of drug-likeness (QED) is 0.405. The zero-order valence-corrected chi connectivity index (χ0v) is 18.3. The van der Waals surface area contributed by atoms with Crippen molar-refractivity contribution in [2.75, 3.05) is 11.6 Å². The highest BCUT2D eigenvalue weighted by Gasteiger charge is 2.67. The normalized spacial score (nSPS) is 30.8. The molecule has 3 amide bonds. The summed E-state index contributed by atoms with van der Waals surface area (Å²) in [5, 5.41) is 0. The van der Waals surface area contributed by atoms with Gasteiger partial charge in [0.15, 0.2) is 5.78 Å². The zero-order valence-electron chi connectivity index (χ0n) is 18.3. The third-order valence-corrected chi connectivity index (χ3v) is 7.87. The fraction of sp³-hybridized carbons (Fsp3) is 0.333. The largest absolute Gasteiger partial charge is 0.295 e. The average molecular weight is 440 g/mol. The monoisotopic (exact) mass is 440 g/mol. The van der Waals surface area contributed by atoms with Crippen LogP contribution in [0.25, 0.3) is 0 Å². The predicted molar refractivity (Wildman–Crippen MR) is 121 cm³/mol. The minimum Gasteiger partial charge on any atom is -0.295 e. The van der Waals surface area contributed by atoms with Gasteiger partial charge in [0, 0.05) is 16.8 Å². The lowest BCUT2D eigenvalue weighted by Gasteiger charge is -2.37. The van der Waals surface area contributed by atoms with Gasteiger partial charge < -0.3 is 0 Å². The lowest BCUT2D eigenvalue weighted by atomic mass is 9.63. The maximum Gasteiger partial charge on any atom is 0.259 e. The maximum absolute atomic E-state index is 13.5. The smallest absolute Gasteiger partial charge is 0.259 e. The molecule has 0 spiro atoms. The minimum atomic E-state index is -0.323. The van der Waals surface area contributed by atoms with Gasteiger partial charge in [0.25, 0.3) is 5.91 Å². The number of Topliss-reactive ketones (excluding diaryl/α,β-unsaturated/α-hetero) is 1. The Hall–Kier alpha value is -3.54. The second kappa shape index (κ2) is 7.24. The van der Waals surface area contributed by atoms with E-state index in [4.69, 9.17) is 0 Å². The fourth-order valence-electron chi connectivity index (χ4n) is 6.19. The number of hydrogen-bond acceptors (Lipinski definition) is 4. The Bertz CT molecular complexity index is 1180. The first-order chi connectivity index (χ1) is 16.0. The molecule has 1 heterocycles. The van der Waals surface area contributed by atoms with Gasteiger partial charge in [-0.05, 0) is 61.3 Å². The topological polar surface area (TPSA) is 74.8 Å². The highest BCUT2D eigenvalue weighted by molar-refractivity contribution is 6.10. The molecular weight excluding hydrogens is 416 g/mol. The molecule has 0 radical (unpaired) electrons. The summed E-state index contributed by atoms with van der Waals surface area (Å²) in [5.41, 5.74) is 1.40. The SMILES string of the molecule is CC(=O)c1cccc(N(CN2C(=O)[C@@H]3[C@@H]4C=C[C@H]([C@@H]5C[C@H]45)[C@H]3C2=O)C(=O)c2ccccc2)c1. The van der Waals surface area contributed by atoms with Crippen molar-refractivity contribution in [3.8, 4) is 0 Å². The third-order valence-electron chi connectivity index (χ3n) is 7.87. The van der Waals surface area contributed by atoms with E-state index >= 15 is 0 Å². The lowest BCUT2D eigenvalue weighted by molar-refractivity contribution is -0.140. The van der Waals surface area contributed by atoms with Crippen molar-refractivity contribution >= 4 is 29.2 Å². The Kier molecular flexibility index (Phi) is 4.41. The molecule has 0 aromatic heterocycles. The van der Waals surface area contributed by atoms with Crippen molar-refractivity contribution in [1.82, 2.24) is 4.90 Å². The Morgan fingerprint density at radius 1 is 0.879 bits per heavy atom. The zero-order chi connectivity index (χ0) is 22.9. The molecular formula is C27H24N2O4. The Labute approximate surface area is 191 Å². The van der Waals surface area contributed by atoms with Crippen LogP contribution in [0.15, 0.2) is 66.7 Å². The van der Waals surface area contributed by atoms with Crippen LogP contribution in [0.4, 0.5) is 5.69 Å². The van der Waals surface area contributed by atoms with E-state index in [9.17, 15) is 19.2 Å². The van der Waals surface area contributed by atoms with Crippen molar-refractivity contribution in [1.29, 1.82) is 0 Å². The van der Waals surface area contributed by atoms with Gasteiger partial charge >= 0.3 is 0 Å². The van der Waals surface area contributed by atoms with Gasteiger partial charge in [-0.25, -0.2) is 0 Å². The van der Waals surface area contributed by atoms with E-state index in [2.05, 4.69) is 12.2 Å². The number of likely N-dealkylation sites (tertiary alicyclic amines) is 1. The molecule has 5 aliphatic rings. The van der Waals surface area contributed by atoms with Gasteiger partial charge in [-0.1, -0.05) is 42.5 Å². The molecule has 6 nitrogen and oxygen atoms in total. The summed E-state index contributed by atoms with van der Waals surface area (Å²) in [7, 11) is 0. The Morgan fingerprint density at radius 2 is 1.48 bits per heavy atom. The van der Waals surface area contributed by atoms with Gasteiger partial charge in [-0.3, -0.25) is 29.0 Å². The number of imide groups is 1. The van der Waals surface area contributed by atoms with Crippen molar-refractivity contribution in [3.05, 3.63) is 77.9 Å². The summed E-state index contributed by atoms with van der Waals surface area (Å²) >= 11 is 0. The number of benzene rings is 2. The molecule has 0 unspecified atom stereocenters. The maximum atomic E-state index is 13.5. The lowest BCUT2D eigenvalue weighted by Crippen LogP contribution is -2.45. The van der Waals surface area contributed by atoms with Crippen LogP contribution in [-0.2, 0) is 9.59 Å². The molecule has 166 valence electrons. The number of nitrogens with zero attached hydrogens (tertiary/aromatic N) is 2. The summed E-state index contributed by atoms with van der Waals surface area (Å²) in [5.74, 6) is -0.120. The highest BCUT2D eigenvalue weighted by Crippen LogP contribution is 2.65. The van der Waals surface area contributed by atoms with Crippen LogP contribution in [0.2, 0.25) is 0 Å². The van der Waals surface area contributed by atoms with Crippen LogP contribution in [0.5, 0.6) is 0 Å². The fourth-order valence-corrected chi connectivity index (χ4v) is 6.19. The first kappa shape index (κ1) is 20.1. The summed E-state index contributed by atoms with van der Waals surface area (Å²) < 4.78 is 0. The van der Waals surface area contributed by atoms with Gasteiger partial charge in [-0.15, -0.1) is 0 Å². The van der Waals surface area contributed by atoms with E-state index in [1.807, 2.05) is 6.07 Å². The highest BCUT2D eigenvalue weighted by atomic mass is 16.2. The number of carbonyl (C=O) groups is 4. The molecule has 1 saturated heterocycles. The van der Waals surface area contributed by atoms with Crippen LogP contribution in [0.1, 0.15) is 34.1 Å². The van der Waals surface area contributed by atoms with Crippen LogP contribution >= 0.6 is 0 Å². The van der Waals surface area contributed by atoms with Crippen molar-refractivity contribution in [2.24, 2.45) is 35.5 Å². The van der Waals surface area contributed by atoms with E-state index in [1.54, 1.807) is 48.5 Å². The van der Waals surface area contributed by atoms with Crippen LogP contribution in [-0.4, -0.2) is 35.1 Å². The molecule has 0 N–H and O–H groups in total. The second-order valence-electron chi connectivity index (χ2n) is 9.61. The van der Waals surface area contributed by atoms with Crippen molar-refractivity contribution in [3.63, 3.8) is 0 Å². The van der Waals surface area contributed by atoms with E-state index in [0.717, 1.165) is 6.42 Å². The number of rotatable bonds is 5. The van der Waals surface area contributed by atoms with Gasteiger partial charge in [0.2, 0.25) is 11.8 Å². The number of anilines is 1. The molecule has 2 aromatic carbocycles. The third kappa shape index (κ3) is 3.00. The van der Waals surface area contributed by atoms with E-state index in [0.29, 0.717) is 28.7 Å². The van der Waals surface area contributed by atoms with E-state index < -0.39 is 0 Å². The molecule has 4 aliphatic carbocycles. The first-order valence-electron chi connectivity index (χ1n) is 11.5. The number of carbonyl (C=O) groups excluding carboxylic acids is 4. The molecule has 2 aromatic rings. The summed E-state index contributed by atoms with van der Waals surface area (Å²) in [6.07, 6.45) is 5.38. The molecule has 33 heavy (non-hydrogen) atoms. The average Bonchev–Trinajstić information content (AvgIpc) is 3.62. The van der Waals surface area contributed by atoms with Crippen LogP contribution in [0.3, 0.4) is 0 Å². The van der Waals surface area contributed by atoms with Gasteiger partial charge in [-0.2, -0.15) is 0 Å². The van der Waals surface area contributed by atoms with Crippen molar-refractivity contribution < 1.29 is 19.2 Å². The van der Waals surface area contributed by atoms with E-state index in [-0.39, 0.29) is 53.8 Å². The number of allylic oxidation sites excluding steroid dienone is 2. The van der Waals surface area contributed by atoms with Crippen LogP contribution < -0.4 is 4.90 Å². The van der Waals surface area contributed by atoms with Crippen molar-refractivity contribution in [2.45, 2.75) is 13.3 Å².